The van der Waals surface area contributed by atoms with E-state index in [-0.39, 0.29) is 18.1 Å². The lowest BCUT2D eigenvalue weighted by Crippen LogP contribution is -2.33. The first-order valence-corrected chi connectivity index (χ1v) is 11.0. The number of benzene rings is 2. The van der Waals surface area contributed by atoms with Crippen molar-refractivity contribution in [1.29, 1.82) is 5.26 Å². The van der Waals surface area contributed by atoms with Gasteiger partial charge in [0, 0.05) is 22.3 Å². The van der Waals surface area contributed by atoms with Gasteiger partial charge in [-0.05, 0) is 49.2 Å². The summed E-state index contributed by atoms with van der Waals surface area (Å²) in [6.07, 6.45) is 0.253. The van der Waals surface area contributed by atoms with Gasteiger partial charge in [0.25, 0.3) is 0 Å². The van der Waals surface area contributed by atoms with Gasteiger partial charge in [-0.3, -0.25) is 4.79 Å². The number of nitriles is 1. The molecule has 0 aliphatic carbocycles. The topological polar surface area (TPSA) is 101 Å². The summed E-state index contributed by atoms with van der Waals surface area (Å²) in [7, 11) is 0. The average molecular weight is 485 g/mol. The number of thioether (sulfide) groups is 1. The molecule has 154 valence electrons. The van der Waals surface area contributed by atoms with Crippen molar-refractivity contribution in [3.63, 3.8) is 0 Å². The zero-order chi connectivity index (χ0) is 21.7. The molecule has 1 heterocycles. The number of hydrogen-bond acceptors (Lipinski definition) is 6. The molecule has 1 aromatic heterocycles. The van der Waals surface area contributed by atoms with E-state index in [1.165, 1.54) is 16.4 Å². The zero-order valence-electron chi connectivity index (χ0n) is 16.7. The molecule has 30 heavy (non-hydrogen) atoms. The summed E-state index contributed by atoms with van der Waals surface area (Å²) in [5.41, 5.74) is 3.73. The number of hydrogen-bond donors (Lipinski definition) is 1. The second-order valence-electron chi connectivity index (χ2n) is 6.74. The first-order chi connectivity index (χ1) is 14.4. The second-order valence-corrected chi connectivity index (χ2v) is 8.54. The number of amides is 1. The Kier molecular flexibility index (Phi) is 7.13. The van der Waals surface area contributed by atoms with Gasteiger partial charge < -0.3 is 10.7 Å². The van der Waals surface area contributed by atoms with Gasteiger partial charge in [0.05, 0.1) is 18.2 Å². The fourth-order valence-electron chi connectivity index (χ4n) is 3.07. The third-order valence-corrected chi connectivity index (χ3v) is 5.99. The van der Waals surface area contributed by atoms with Gasteiger partial charge in [0.2, 0.25) is 11.1 Å². The Balaban J connectivity index is 1.77. The van der Waals surface area contributed by atoms with Gasteiger partial charge in [-0.15, -0.1) is 10.2 Å². The Hall–Kier alpha value is -2.83. The van der Waals surface area contributed by atoms with E-state index in [2.05, 4.69) is 32.2 Å². The van der Waals surface area contributed by atoms with Crippen molar-refractivity contribution in [1.82, 2.24) is 14.9 Å². The molecule has 0 radical (unpaired) electrons. The largest absolute Gasteiger partial charge is 0.335 e. The van der Waals surface area contributed by atoms with Crippen molar-refractivity contribution in [3.8, 4) is 17.5 Å². The quantitative estimate of drug-likeness (QED) is 0.400. The molecule has 2 N–H and O–H groups in total. The van der Waals surface area contributed by atoms with E-state index < -0.39 is 0 Å². The summed E-state index contributed by atoms with van der Waals surface area (Å²) in [6, 6.07) is 15.6. The number of rotatable bonds is 7. The third-order valence-electron chi connectivity index (χ3n) is 4.37. The normalized spacial score (nSPS) is 10.6. The van der Waals surface area contributed by atoms with Gasteiger partial charge in [-0.1, -0.05) is 45.9 Å². The minimum absolute atomic E-state index is 0.120. The molecule has 7 nitrogen and oxygen atoms in total. The number of anilines is 1. The highest BCUT2D eigenvalue weighted by atomic mass is 79.9. The Bertz CT molecular complexity index is 1090. The predicted molar refractivity (Wildman–Crippen MR) is 123 cm³/mol. The van der Waals surface area contributed by atoms with Gasteiger partial charge in [0.15, 0.2) is 5.82 Å². The van der Waals surface area contributed by atoms with Crippen LogP contribution in [0.15, 0.2) is 52.1 Å². The van der Waals surface area contributed by atoms with Crippen LogP contribution in [0.2, 0.25) is 0 Å². The lowest BCUT2D eigenvalue weighted by atomic mass is 10.1. The van der Waals surface area contributed by atoms with Crippen LogP contribution in [0.3, 0.4) is 0 Å². The summed E-state index contributed by atoms with van der Waals surface area (Å²) >= 11 is 4.70. The zero-order valence-corrected chi connectivity index (χ0v) is 19.1. The average Bonchev–Trinajstić information content (AvgIpc) is 3.06. The lowest BCUT2D eigenvalue weighted by molar-refractivity contribution is -0.116. The van der Waals surface area contributed by atoms with Crippen LogP contribution in [0.4, 0.5) is 5.69 Å². The second kappa shape index (κ2) is 9.78. The maximum Gasteiger partial charge on any atom is 0.237 e. The predicted octanol–water partition coefficient (Wildman–Crippen LogP) is 4.08. The van der Waals surface area contributed by atoms with E-state index >= 15 is 0 Å². The standard InChI is InChI=1S/C21H21BrN6OS/c1-14-10-15(2)12-16(11-14)27(9-5-8-23)19(29)13-30-21-26-25-20(28(21)24)17-6-3-4-7-18(17)22/h3-4,6-7,10-12H,5,9,13,24H2,1-2H3. The molecule has 0 unspecified atom stereocenters. The fourth-order valence-corrected chi connectivity index (χ4v) is 4.27. The molecule has 1 amide bonds. The number of nitrogen functional groups attached to an aromatic ring is 1. The minimum Gasteiger partial charge on any atom is -0.335 e. The molecular weight excluding hydrogens is 464 g/mol. The van der Waals surface area contributed by atoms with Crippen LogP contribution in [0.1, 0.15) is 17.5 Å². The van der Waals surface area contributed by atoms with E-state index in [1.807, 2.05) is 56.3 Å². The van der Waals surface area contributed by atoms with E-state index in [1.54, 1.807) is 4.90 Å². The summed E-state index contributed by atoms with van der Waals surface area (Å²) in [6.45, 7) is 4.30. The van der Waals surface area contributed by atoms with Gasteiger partial charge in [0.1, 0.15) is 0 Å². The van der Waals surface area contributed by atoms with Crippen molar-refractivity contribution < 1.29 is 4.79 Å². The molecule has 0 atom stereocenters. The van der Waals surface area contributed by atoms with Crippen LogP contribution in [0.5, 0.6) is 0 Å². The Morgan fingerprint density at radius 1 is 1.23 bits per heavy atom. The Labute approximate surface area is 188 Å². The van der Waals surface area contributed by atoms with Crippen LogP contribution >= 0.6 is 27.7 Å². The molecule has 0 bridgehead atoms. The molecule has 0 spiro atoms. The highest BCUT2D eigenvalue weighted by Gasteiger charge is 2.20. The van der Waals surface area contributed by atoms with Gasteiger partial charge in [-0.2, -0.15) is 5.26 Å². The molecule has 2 aromatic carbocycles. The highest BCUT2D eigenvalue weighted by Crippen LogP contribution is 2.28. The SMILES string of the molecule is Cc1cc(C)cc(N(CCC#N)C(=O)CSc2nnc(-c3ccccc3Br)n2N)c1. The number of nitrogens with zero attached hydrogens (tertiary/aromatic N) is 5. The summed E-state index contributed by atoms with van der Waals surface area (Å²) in [5, 5.41) is 17.7. The number of carbonyl (C=O) groups is 1. The maximum atomic E-state index is 13.0. The molecule has 0 fully saturated rings. The van der Waals surface area contributed by atoms with Crippen molar-refractivity contribution in [2.45, 2.75) is 25.4 Å². The lowest BCUT2D eigenvalue weighted by Gasteiger charge is -2.22. The first kappa shape index (κ1) is 21.9. The smallest absolute Gasteiger partial charge is 0.237 e. The van der Waals surface area contributed by atoms with Crippen molar-refractivity contribution in [3.05, 3.63) is 58.1 Å². The van der Waals surface area contributed by atoms with Crippen molar-refractivity contribution >= 4 is 39.3 Å². The Morgan fingerprint density at radius 2 is 1.93 bits per heavy atom. The van der Waals surface area contributed by atoms with Crippen LogP contribution in [-0.2, 0) is 4.79 Å². The number of aryl methyl sites for hydroxylation is 2. The summed E-state index contributed by atoms with van der Waals surface area (Å²) in [4.78, 5) is 14.6. The van der Waals surface area contributed by atoms with Crippen LogP contribution in [0.25, 0.3) is 11.4 Å². The summed E-state index contributed by atoms with van der Waals surface area (Å²) in [5.74, 6) is 6.70. The Morgan fingerprint density at radius 3 is 2.60 bits per heavy atom. The van der Waals surface area contributed by atoms with E-state index in [0.717, 1.165) is 26.9 Å². The fraction of sp³-hybridized carbons (Fsp3) is 0.238. The molecule has 0 saturated heterocycles. The van der Waals surface area contributed by atoms with Crippen LogP contribution in [0, 0.1) is 25.2 Å². The third kappa shape index (κ3) is 5.01. The van der Waals surface area contributed by atoms with E-state index in [0.29, 0.717) is 17.5 Å². The monoisotopic (exact) mass is 484 g/mol. The molecule has 9 heteroatoms. The minimum atomic E-state index is -0.120. The molecule has 3 aromatic rings. The molecular formula is C21H21BrN6OS. The van der Waals surface area contributed by atoms with Gasteiger partial charge >= 0.3 is 0 Å². The number of aromatic nitrogens is 3. The van der Waals surface area contributed by atoms with E-state index in [9.17, 15) is 4.79 Å². The van der Waals surface area contributed by atoms with Crippen LogP contribution < -0.4 is 10.7 Å². The molecule has 3 rings (SSSR count). The first-order valence-electron chi connectivity index (χ1n) is 9.24. The van der Waals surface area contributed by atoms with Crippen LogP contribution in [-0.4, -0.2) is 33.1 Å². The molecule has 0 aliphatic rings. The van der Waals surface area contributed by atoms with Crippen molar-refractivity contribution in [2.75, 3.05) is 23.0 Å². The molecule has 0 saturated carbocycles. The highest BCUT2D eigenvalue weighted by molar-refractivity contribution is 9.10. The summed E-state index contributed by atoms with van der Waals surface area (Å²) < 4.78 is 2.24. The molecule has 0 aliphatic heterocycles. The van der Waals surface area contributed by atoms with Gasteiger partial charge in [-0.25, -0.2) is 4.68 Å². The number of carbonyl (C=O) groups excluding carboxylic acids is 1. The van der Waals surface area contributed by atoms with Crippen molar-refractivity contribution in [2.24, 2.45) is 0 Å². The maximum absolute atomic E-state index is 13.0. The van der Waals surface area contributed by atoms with E-state index in [4.69, 9.17) is 11.1 Å². The number of nitrogens with two attached hydrogens (primary N) is 1. The number of halogens is 1.